The second-order valence-electron chi connectivity index (χ2n) is 5.32. The third-order valence-electron chi connectivity index (χ3n) is 3.27. The van der Waals surface area contributed by atoms with Crippen LogP contribution in [0.15, 0.2) is 43.0 Å². The molecular weight excluding hydrogens is 298 g/mol. The highest BCUT2D eigenvalue weighted by molar-refractivity contribution is 5.93. The number of aliphatic imine (C=N–C) groups is 1. The van der Waals surface area contributed by atoms with Gasteiger partial charge >= 0.3 is 5.63 Å². The van der Waals surface area contributed by atoms with Gasteiger partial charge in [0.2, 0.25) is 5.89 Å². The number of para-hydroxylation sites is 1. The van der Waals surface area contributed by atoms with E-state index in [4.69, 9.17) is 8.94 Å². The summed E-state index contributed by atoms with van der Waals surface area (Å²) in [5.74, 6) is 0.944. The van der Waals surface area contributed by atoms with Crippen LogP contribution >= 0.6 is 0 Å². The van der Waals surface area contributed by atoms with E-state index < -0.39 is 5.63 Å². The number of benzene rings is 1. The molecule has 0 amide bonds. The second-order valence-corrected chi connectivity index (χ2v) is 5.32. The predicted octanol–water partition coefficient (Wildman–Crippen LogP) is 2.62. The summed E-state index contributed by atoms with van der Waals surface area (Å²) in [7, 11) is 0. The van der Waals surface area contributed by atoms with Crippen molar-refractivity contribution in [3.05, 3.63) is 52.0 Å². The second kappa shape index (κ2) is 6.04. The number of hydrogen-bond donors (Lipinski definition) is 1. The Hall–Kier alpha value is -2.96. The zero-order chi connectivity index (χ0) is 16.4. The summed E-state index contributed by atoms with van der Waals surface area (Å²) in [6, 6.07) is 6.75. The molecule has 23 heavy (non-hydrogen) atoms. The summed E-state index contributed by atoms with van der Waals surface area (Å²) in [6.07, 6.45) is 1.26. The van der Waals surface area contributed by atoms with Gasteiger partial charge < -0.3 is 14.0 Å². The molecule has 0 fully saturated rings. The molecule has 7 nitrogen and oxygen atoms in total. The standard InChI is InChI=1S/C16H15N3O4/c1-9(2)15-18-13(23-19-15)8-17-7-11-14(20)10-5-3-4-6-12(10)22-16(11)21/h3-7,9,20H,8H2,1-2H3. The molecule has 0 aliphatic carbocycles. The lowest BCUT2D eigenvalue weighted by Gasteiger charge is -2.01. The first-order valence-electron chi connectivity index (χ1n) is 7.13. The Morgan fingerprint density at radius 3 is 2.87 bits per heavy atom. The lowest BCUT2D eigenvalue weighted by atomic mass is 10.1. The van der Waals surface area contributed by atoms with Gasteiger partial charge in [-0.15, -0.1) is 0 Å². The van der Waals surface area contributed by atoms with Crippen molar-refractivity contribution >= 4 is 17.2 Å². The minimum Gasteiger partial charge on any atom is -0.506 e. The summed E-state index contributed by atoms with van der Waals surface area (Å²) in [5.41, 5.74) is -0.337. The van der Waals surface area contributed by atoms with Crippen molar-refractivity contribution in [1.29, 1.82) is 0 Å². The SMILES string of the molecule is CC(C)c1noc(CN=Cc2c(O)c3ccccc3oc2=O)n1. The van der Waals surface area contributed by atoms with Gasteiger partial charge in [-0.25, -0.2) is 4.79 Å². The van der Waals surface area contributed by atoms with Crippen molar-refractivity contribution in [2.24, 2.45) is 4.99 Å². The molecule has 1 N–H and O–H groups in total. The van der Waals surface area contributed by atoms with Gasteiger partial charge in [-0.05, 0) is 12.1 Å². The minimum absolute atomic E-state index is 0.00713. The van der Waals surface area contributed by atoms with E-state index >= 15 is 0 Å². The molecule has 7 heteroatoms. The molecule has 0 aliphatic heterocycles. The first-order chi connectivity index (χ1) is 11.1. The fraction of sp³-hybridized carbons (Fsp3) is 0.250. The van der Waals surface area contributed by atoms with Gasteiger partial charge in [-0.3, -0.25) is 4.99 Å². The maximum Gasteiger partial charge on any atom is 0.348 e. The van der Waals surface area contributed by atoms with Gasteiger partial charge in [0.1, 0.15) is 23.4 Å². The fourth-order valence-electron chi connectivity index (χ4n) is 2.04. The third-order valence-corrected chi connectivity index (χ3v) is 3.27. The lowest BCUT2D eigenvalue weighted by molar-refractivity contribution is 0.373. The highest BCUT2D eigenvalue weighted by Crippen LogP contribution is 2.24. The van der Waals surface area contributed by atoms with Crippen LogP contribution in [0.3, 0.4) is 0 Å². The van der Waals surface area contributed by atoms with E-state index in [1.54, 1.807) is 24.3 Å². The number of aromatic hydroxyl groups is 1. The topological polar surface area (TPSA) is 102 Å². The molecule has 0 bridgehead atoms. The number of hydrogen-bond acceptors (Lipinski definition) is 7. The van der Waals surface area contributed by atoms with Crippen LogP contribution < -0.4 is 5.63 Å². The smallest absolute Gasteiger partial charge is 0.348 e. The molecule has 2 heterocycles. The number of rotatable bonds is 4. The molecule has 0 saturated carbocycles. The van der Waals surface area contributed by atoms with E-state index in [-0.39, 0.29) is 23.8 Å². The molecule has 3 aromatic rings. The summed E-state index contributed by atoms with van der Waals surface area (Å²) < 4.78 is 10.2. The van der Waals surface area contributed by atoms with E-state index in [0.717, 1.165) is 0 Å². The molecule has 0 atom stereocenters. The fourth-order valence-corrected chi connectivity index (χ4v) is 2.04. The molecule has 0 aliphatic rings. The quantitative estimate of drug-likeness (QED) is 0.587. The van der Waals surface area contributed by atoms with Gasteiger partial charge in [-0.1, -0.05) is 31.1 Å². The molecule has 0 spiro atoms. The van der Waals surface area contributed by atoms with E-state index in [1.807, 2.05) is 13.8 Å². The van der Waals surface area contributed by atoms with E-state index in [9.17, 15) is 9.90 Å². The maximum atomic E-state index is 11.9. The lowest BCUT2D eigenvalue weighted by Crippen LogP contribution is -2.07. The Morgan fingerprint density at radius 2 is 2.13 bits per heavy atom. The number of fused-ring (bicyclic) bond motifs is 1. The molecule has 0 unspecified atom stereocenters. The van der Waals surface area contributed by atoms with E-state index in [0.29, 0.717) is 22.7 Å². The molecular formula is C16H15N3O4. The van der Waals surface area contributed by atoms with Crippen LogP contribution in [0.25, 0.3) is 11.0 Å². The summed E-state index contributed by atoms with van der Waals surface area (Å²) >= 11 is 0. The van der Waals surface area contributed by atoms with Gasteiger partial charge in [-0.2, -0.15) is 4.98 Å². The Labute approximate surface area is 131 Å². The van der Waals surface area contributed by atoms with Gasteiger partial charge in [0.25, 0.3) is 0 Å². The van der Waals surface area contributed by atoms with Gasteiger partial charge in [0, 0.05) is 12.1 Å². The monoisotopic (exact) mass is 313 g/mol. The molecule has 118 valence electrons. The molecule has 2 aromatic heterocycles. The van der Waals surface area contributed by atoms with Crippen molar-refractivity contribution in [3.63, 3.8) is 0 Å². The predicted molar refractivity (Wildman–Crippen MR) is 83.8 cm³/mol. The largest absolute Gasteiger partial charge is 0.506 e. The van der Waals surface area contributed by atoms with Crippen LogP contribution in [0.2, 0.25) is 0 Å². The van der Waals surface area contributed by atoms with Crippen molar-refractivity contribution in [3.8, 4) is 5.75 Å². The van der Waals surface area contributed by atoms with Crippen LogP contribution in [0.4, 0.5) is 0 Å². The minimum atomic E-state index is -0.654. The summed E-state index contributed by atoms with van der Waals surface area (Å²) in [5, 5.41) is 14.5. The zero-order valence-corrected chi connectivity index (χ0v) is 12.7. The number of aromatic nitrogens is 2. The van der Waals surface area contributed by atoms with Crippen molar-refractivity contribution in [1.82, 2.24) is 10.1 Å². The van der Waals surface area contributed by atoms with Gasteiger partial charge in [0.05, 0.1) is 5.39 Å². The molecule has 0 saturated heterocycles. The molecule has 0 radical (unpaired) electrons. The molecule has 1 aromatic carbocycles. The van der Waals surface area contributed by atoms with Crippen LogP contribution in [0.1, 0.15) is 37.0 Å². The van der Waals surface area contributed by atoms with Crippen LogP contribution in [-0.2, 0) is 6.54 Å². The van der Waals surface area contributed by atoms with Gasteiger partial charge in [0.15, 0.2) is 5.82 Å². The Kier molecular flexibility index (Phi) is 3.92. The van der Waals surface area contributed by atoms with Crippen LogP contribution in [0.5, 0.6) is 5.75 Å². The summed E-state index contributed by atoms with van der Waals surface area (Å²) in [4.78, 5) is 20.2. The Morgan fingerprint density at radius 1 is 1.35 bits per heavy atom. The van der Waals surface area contributed by atoms with Crippen molar-refractivity contribution in [2.45, 2.75) is 26.3 Å². The highest BCUT2D eigenvalue weighted by atomic mass is 16.5. The molecule has 3 rings (SSSR count). The Balaban J connectivity index is 1.87. The van der Waals surface area contributed by atoms with Crippen LogP contribution in [-0.4, -0.2) is 21.5 Å². The summed E-state index contributed by atoms with van der Waals surface area (Å²) in [6.45, 7) is 4.03. The van der Waals surface area contributed by atoms with Crippen molar-refractivity contribution in [2.75, 3.05) is 0 Å². The Bertz CT molecular complexity index is 924. The first kappa shape index (κ1) is 15.0. The van der Waals surface area contributed by atoms with E-state index in [1.165, 1.54) is 6.21 Å². The normalized spacial score (nSPS) is 11.8. The zero-order valence-electron chi connectivity index (χ0n) is 12.7. The average Bonchev–Trinajstić information content (AvgIpc) is 3.00. The number of nitrogens with zero attached hydrogens (tertiary/aromatic N) is 3. The van der Waals surface area contributed by atoms with Crippen molar-refractivity contribution < 1.29 is 14.0 Å². The van der Waals surface area contributed by atoms with E-state index in [2.05, 4.69) is 15.1 Å². The first-order valence-corrected chi connectivity index (χ1v) is 7.13. The third kappa shape index (κ3) is 2.98. The average molecular weight is 313 g/mol. The van der Waals surface area contributed by atoms with Crippen LogP contribution in [0, 0.1) is 0 Å². The highest BCUT2D eigenvalue weighted by Gasteiger charge is 2.12. The maximum absolute atomic E-state index is 11.9.